The quantitative estimate of drug-likeness (QED) is 0.749. The molecule has 2 aliphatic rings. The van der Waals surface area contributed by atoms with Gasteiger partial charge in [0.25, 0.3) is 0 Å². The van der Waals surface area contributed by atoms with Gasteiger partial charge >= 0.3 is 0 Å². The maximum atomic E-state index is 12.0. The van der Waals surface area contributed by atoms with Gasteiger partial charge < -0.3 is 11.1 Å². The molecule has 2 aliphatic carbocycles. The average molecular weight is 224 g/mol. The first-order valence-corrected chi connectivity index (χ1v) is 6.34. The van der Waals surface area contributed by atoms with E-state index >= 15 is 0 Å². The molecule has 0 saturated heterocycles. The lowest BCUT2D eigenvalue weighted by molar-refractivity contribution is -0.138. The summed E-state index contributed by atoms with van der Waals surface area (Å²) in [6.45, 7) is 8.59. The Bertz CT molecular complexity index is 289. The number of hydrogen-bond donors (Lipinski definition) is 2. The number of rotatable bonds is 2. The molecule has 0 aromatic heterocycles. The molecule has 0 aliphatic heterocycles. The number of carbonyl (C=O) groups excluding carboxylic acids is 1. The Kier molecular flexibility index (Phi) is 2.57. The molecule has 0 unspecified atom stereocenters. The monoisotopic (exact) mass is 224 g/mol. The summed E-state index contributed by atoms with van der Waals surface area (Å²) in [6.07, 6.45) is 3.33. The molecule has 2 fully saturated rings. The average Bonchev–Trinajstić information content (AvgIpc) is 2.09. The minimum atomic E-state index is 0.0168. The van der Waals surface area contributed by atoms with Crippen molar-refractivity contribution in [2.45, 2.75) is 59.0 Å². The van der Waals surface area contributed by atoms with Crippen LogP contribution in [0.15, 0.2) is 0 Å². The predicted molar refractivity (Wildman–Crippen MR) is 64.8 cm³/mol. The Hall–Kier alpha value is -0.570. The maximum Gasteiger partial charge on any atom is 0.223 e. The molecule has 0 bridgehead atoms. The summed E-state index contributed by atoms with van der Waals surface area (Å²) >= 11 is 0. The van der Waals surface area contributed by atoms with Crippen molar-refractivity contribution in [3.8, 4) is 0 Å². The lowest BCUT2D eigenvalue weighted by Crippen LogP contribution is -2.76. The minimum absolute atomic E-state index is 0.0168. The van der Waals surface area contributed by atoms with Gasteiger partial charge in [-0.15, -0.1) is 0 Å². The molecular weight excluding hydrogens is 200 g/mol. The molecule has 3 N–H and O–H groups in total. The van der Waals surface area contributed by atoms with Crippen molar-refractivity contribution in [1.29, 1.82) is 0 Å². The number of nitrogens with two attached hydrogens (primary N) is 1. The van der Waals surface area contributed by atoms with Crippen LogP contribution in [0.1, 0.15) is 47.0 Å². The van der Waals surface area contributed by atoms with Crippen LogP contribution in [0, 0.1) is 16.7 Å². The summed E-state index contributed by atoms with van der Waals surface area (Å²) in [5.74, 6) is 0.507. The fraction of sp³-hybridized carbons (Fsp3) is 0.923. The van der Waals surface area contributed by atoms with Crippen molar-refractivity contribution in [3.05, 3.63) is 0 Å². The summed E-state index contributed by atoms with van der Waals surface area (Å²) < 4.78 is 0. The number of amides is 1. The largest absolute Gasteiger partial charge is 0.352 e. The molecular formula is C13H24N2O. The van der Waals surface area contributed by atoms with E-state index in [1.54, 1.807) is 0 Å². The fourth-order valence-electron chi connectivity index (χ4n) is 3.48. The second kappa shape index (κ2) is 3.46. The molecule has 16 heavy (non-hydrogen) atoms. The zero-order valence-electron chi connectivity index (χ0n) is 10.8. The highest BCUT2D eigenvalue weighted by atomic mass is 16.2. The van der Waals surface area contributed by atoms with Crippen LogP contribution >= 0.6 is 0 Å². The van der Waals surface area contributed by atoms with E-state index in [0.717, 1.165) is 12.8 Å². The number of nitrogens with one attached hydrogen (secondary N) is 1. The smallest absolute Gasteiger partial charge is 0.223 e. The van der Waals surface area contributed by atoms with Gasteiger partial charge in [0.1, 0.15) is 0 Å². The molecule has 1 amide bonds. The van der Waals surface area contributed by atoms with Crippen LogP contribution in [0.5, 0.6) is 0 Å². The minimum Gasteiger partial charge on any atom is -0.352 e. The Morgan fingerprint density at radius 2 is 1.69 bits per heavy atom. The van der Waals surface area contributed by atoms with Crippen LogP contribution in [0.25, 0.3) is 0 Å². The molecule has 3 heteroatoms. The van der Waals surface area contributed by atoms with Gasteiger partial charge in [0, 0.05) is 28.8 Å². The van der Waals surface area contributed by atoms with Gasteiger partial charge in [-0.25, -0.2) is 0 Å². The highest BCUT2D eigenvalue weighted by molar-refractivity contribution is 5.80. The highest BCUT2D eigenvalue weighted by Crippen LogP contribution is 2.52. The molecule has 0 atom stereocenters. The van der Waals surface area contributed by atoms with Crippen molar-refractivity contribution < 1.29 is 4.79 Å². The van der Waals surface area contributed by atoms with Crippen LogP contribution < -0.4 is 11.1 Å². The second-order valence-electron chi connectivity index (χ2n) is 6.69. The van der Waals surface area contributed by atoms with E-state index in [9.17, 15) is 4.79 Å². The lowest BCUT2D eigenvalue weighted by atomic mass is 9.48. The van der Waals surface area contributed by atoms with Crippen LogP contribution in [-0.2, 0) is 4.79 Å². The molecule has 92 valence electrons. The van der Waals surface area contributed by atoms with E-state index in [0.29, 0.717) is 0 Å². The summed E-state index contributed by atoms with van der Waals surface area (Å²) in [5, 5.41) is 3.21. The van der Waals surface area contributed by atoms with Crippen molar-refractivity contribution in [2.24, 2.45) is 22.5 Å². The predicted octanol–water partition coefficient (Wildman–Crippen LogP) is 1.66. The molecule has 3 nitrogen and oxygen atoms in total. The Morgan fingerprint density at radius 1 is 1.19 bits per heavy atom. The topological polar surface area (TPSA) is 55.1 Å². The zero-order chi connectivity index (χ0) is 12.1. The van der Waals surface area contributed by atoms with Crippen LogP contribution in [0.4, 0.5) is 0 Å². The van der Waals surface area contributed by atoms with E-state index < -0.39 is 0 Å². The normalized spacial score (nSPS) is 36.1. The molecule has 2 rings (SSSR count). The first-order chi connectivity index (χ1) is 7.28. The Labute approximate surface area is 98.2 Å². The third kappa shape index (κ3) is 1.48. The van der Waals surface area contributed by atoms with Crippen LogP contribution in [-0.4, -0.2) is 18.0 Å². The van der Waals surface area contributed by atoms with Gasteiger partial charge in [0.05, 0.1) is 0 Å². The van der Waals surface area contributed by atoms with Crippen LogP contribution in [0.2, 0.25) is 0 Å². The van der Waals surface area contributed by atoms with Crippen LogP contribution in [0.3, 0.4) is 0 Å². The number of hydrogen-bond acceptors (Lipinski definition) is 2. The highest BCUT2D eigenvalue weighted by Gasteiger charge is 2.60. The first-order valence-electron chi connectivity index (χ1n) is 6.34. The van der Waals surface area contributed by atoms with Gasteiger partial charge in [-0.1, -0.05) is 34.1 Å². The fourth-order valence-corrected chi connectivity index (χ4v) is 3.48. The van der Waals surface area contributed by atoms with E-state index in [1.165, 1.54) is 6.42 Å². The van der Waals surface area contributed by atoms with E-state index in [2.05, 4.69) is 33.0 Å². The van der Waals surface area contributed by atoms with Gasteiger partial charge in [0.15, 0.2) is 0 Å². The Morgan fingerprint density at radius 3 is 2.06 bits per heavy atom. The SMILES string of the molecule is CC1(C)C(N)C(C)(C)C1NC(=O)C1CCC1. The Balaban J connectivity index is 2.01. The molecule has 0 aromatic carbocycles. The van der Waals surface area contributed by atoms with Crippen molar-refractivity contribution in [1.82, 2.24) is 5.32 Å². The first kappa shape index (κ1) is 11.9. The van der Waals surface area contributed by atoms with E-state index in [-0.39, 0.29) is 34.7 Å². The molecule has 0 spiro atoms. The summed E-state index contributed by atoms with van der Waals surface area (Å²) in [5.41, 5.74) is 6.20. The second-order valence-corrected chi connectivity index (χ2v) is 6.69. The number of carbonyl (C=O) groups is 1. The van der Waals surface area contributed by atoms with Gasteiger partial charge in [-0.2, -0.15) is 0 Å². The summed E-state index contributed by atoms with van der Waals surface area (Å²) in [6, 6.07) is 0.370. The molecule has 0 heterocycles. The molecule has 2 saturated carbocycles. The molecule has 0 aromatic rings. The van der Waals surface area contributed by atoms with Crippen molar-refractivity contribution in [2.75, 3.05) is 0 Å². The zero-order valence-corrected chi connectivity index (χ0v) is 10.8. The third-order valence-corrected chi connectivity index (χ3v) is 4.85. The summed E-state index contributed by atoms with van der Waals surface area (Å²) in [4.78, 5) is 12.0. The lowest BCUT2D eigenvalue weighted by Gasteiger charge is -2.63. The van der Waals surface area contributed by atoms with Crippen molar-refractivity contribution in [3.63, 3.8) is 0 Å². The van der Waals surface area contributed by atoms with E-state index in [1.807, 2.05) is 0 Å². The van der Waals surface area contributed by atoms with E-state index in [4.69, 9.17) is 5.73 Å². The van der Waals surface area contributed by atoms with Gasteiger partial charge in [-0.3, -0.25) is 4.79 Å². The summed E-state index contributed by atoms with van der Waals surface area (Å²) in [7, 11) is 0. The third-order valence-electron chi connectivity index (χ3n) is 4.85. The standard InChI is InChI=1S/C13H24N2O/c1-12(2)10(14)13(3,4)11(12)15-9(16)8-6-5-7-8/h8,10-11H,5-7,14H2,1-4H3,(H,15,16). The van der Waals surface area contributed by atoms with Gasteiger partial charge in [-0.05, 0) is 12.8 Å². The van der Waals surface area contributed by atoms with Gasteiger partial charge in [0.2, 0.25) is 5.91 Å². The maximum absolute atomic E-state index is 12.0. The van der Waals surface area contributed by atoms with Crippen molar-refractivity contribution >= 4 is 5.91 Å². The molecule has 0 radical (unpaired) electrons.